The summed E-state index contributed by atoms with van der Waals surface area (Å²) in [6.45, 7) is 1.36. The first-order valence-corrected chi connectivity index (χ1v) is 6.31. The topological polar surface area (TPSA) is 79.5 Å². The molecule has 6 nitrogen and oxygen atoms in total. The Kier molecular flexibility index (Phi) is 5.75. The van der Waals surface area contributed by atoms with Gasteiger partial charge < -0.3 is 15.5 Å². The van der Waals surface area contributed by atoms with E-state index in [9.17, 15) is 22.8 Å². The Balaban J connectivity index is 3.12. The second-order valence-electron chi connectivity index (χ2n) is 4.26. The summed E-state index contributed by atoms with van der Waals surface area (Å²) in [5.41, 5.74) is 0.946. The maximum atomic E-state index is 13.4. The van der Waals surface area contributed by atoms with E-state index in [1.54, 1.807) is 23.5 Å². The van der Waals surface area contributed by atoms with E-state index in [1.165, 1.54) is 19.1 Å². The third-order valence-electron chi connectivity index (χ3n) is 2.73. The van der Waals surface area contributed by atoms with Gasteiger partial charge in [0.25, 0.3) is 0 Å². The number of alkyl halides is 3. The first kappa shape index (κ1) is 17.8. The molecule has 122 valence electrons. The molecular weight excluding hydrogens is 303 g/mol. The van der Waals surface area contributed by atoms with Gasteiger partial charge in [0.2, 0.25) is 5.91 Å². The summed E-state index contributed by atoms with van der Waals surface area (Å²) in [5.74, 6) is -2.66. The fraction of sp³-hybridized carbons (Fsp3) is 0.385. The molecule has 0 spiro atoms. The quantitative estimate of drug-likeness (QED) is 0.421. The van der Waals surface area contributed by atoms with Crippen molar-refractivity contribution >= 4 is 17.6 Å². The number of rotatable bonds is 6. The molecule has 1 aromatic rings. The van der Waals surface area contributed by atoms with Gasteiger partial charge in [0.1, 0.15) is 0 Å². The number of nitrogens with one attached hydrogen (secondary N) is 3. The Bertz CT molecular complexity index is 522. The molecule has 1 amide bonds. The third kappa shape index (κ3) is 3.88. The highest BCUT2D eigenvalue weighted by Crippen LogP contribution is 2.30. The molecule has 0 aliphatic carbocycles. The van der Waals surface area contributed by atoms with Crippen LogP contribution in [0.3, 0.4) is 0 Å². The molecule has 0 aromatic heterocycles. The third-order valence-corrected chi connectivity index (χ3v) is 2.73. The summed E-state index contributed by atoms with van der Waals surface area (Å²) in [6.07, 6.45) is -5.37. The largest absolute Gasteiger partial charge is 0.466 e. The van der Waals surface area contributed by atoms with Gasteiger partial charge in [-0.1, -0.05) is 25.1 Å². The normalized spacial score (nSPS) is 13.9. The molecular formula is C13H16F3N3O3. The van der Waals surface area contributed by atoms with Crippen LogP contribution in [0.5, 0.6) is 0 Å². The SMILES string of the molecule is CCC(=O)N[C@@](NNc1ccccc1)(C(=O)OC)C(F)(F)F. The first-order chi connectivity index (χ1) is 10.3. The van der Waals surface area contributed by atoms with Crippen LogP contribution in [0, 0.1) is 0 Å². The molecule has 0 fully saturated rings. The number of methoxy groups -OCH3 is 1. The van der Waals surface area contributed by atoms with Gasteiger partial charge in [-0.3, -0.25) is 4.79 Å². The molecule has 0 heterocycles. The van der Waals surface area contributed by atoms with Gasteiger partial charge in [0.15, 0.2) is 0 Å². The van der Waals surface area contributed by atoms with Gasteiger partial charge in [0.05, 0.1) is 7.11 Å². The van der Waals surface area contributed by atoms with Gasteiger partial charge in [0, 0.05) is 12.1 Å². The van der Waals surface area contributed by atoms with E-state index in [0.29, 0.717) is 0 Å². The van der Waals surface area contributed by atoms with Crippen LogP contribution in [0.25, 0.3) is 0 Å². The van der Waals surface area contributed by atoms with Crippen molar-refractivity contribution in [2.24, 2.45) is 0 Å². The zero-order valence-corrected chi connectivity index (χ0v) is 12.0. The van der Waals surface area contributed by atoms with Crippen molar-refractivity contribution in [2.75, 3.05) is 12.5 Å². The van der Waals surface area contributed by atoms with E-state index in [4.69, 9.17) is 0 Å². The van der Waals surface area contributed by atoms with E-state index in [1.807, 2.05) is 5.43 Å². The standard InChI is InChI=1S/C13H16F3N3O3/c1-3-10(20)17-12(11(21)22-2,13(14,15)16)19-18-9-7-5-4-6-8-9/h4-8,18-19H,3H2,1-2H3,(H,17,20)/t12-/m1/s1. The maximum absolute atomic E-state index is 13.4. The second kappa shape index (κ2) is 7.12. The Morgan fingerprint density at radius 1 is 1.18 bits per heavy atom. The monoisotopic (exact) mass is 319 g/mol. The fourth-order valence-corrected chi connectivity index (χ4v) is 1.53. The highest BCUT2D eigenvalue weighted by molar-refractivity contribution is 5.88. The van der Waals surface area contributed by atoms with Crippen molar-refractivity contribution < 1.29 is 27.5 Å². The lowest BCUT2D eigenvalue weighted by Gasteiger charge is -2.34. The van der Waals surface area contributed by atoms with Crippen molar-refractivity contribution in [2.45, 2.75) is 25.2 Å². The summed E-state index contributed by atoms with van der Waals surface area (Å²) < 4.78 is 44.4. The minimum absolute atomic E-state index is 0.234. The molecule has 0 saturated heterocycles. The number of anilines is 1. The average Bonchev–Trinajstić information content (AvgIpc) is 2.50. The van der Waals surface area contributed by atoms with Gasteiger partial charge in [-0.25, -0.2) is 4.79 Å². The number of carbonyl (C=O) groups excluding carboxylic acids is 2. The average molecular weight is 319 g/mol. The fourth-order valence-electron chi connectivity index (χ4n) is 1.53. The number of amides is 1. The van der Waals surface area contributed by atoms with Crippen molar-refractivity contribution in [3.05, 3.63) is 30.3 Å². The lowest BCUT2D eigenvalue weighted by molar-refractivity contribution is -0.219. The Morgan fingerprint density at radius 3 is 2.23 bits per heavy atom. The summed E-state index contributed by atoms with van der Waals surface area (Å²) >= 11 is 0. The number of ether oxygens (including phenoxy) is 1. The minimum atomic E-state index is -5.13. The number of benzene rings is 1. The molecule has 3 N–H and O–H groups in total. The van der Waals surface area contributed by atoms with Crippen LogP contribution in [0.15, 0.2) is 30.3 Å². The second-order valence-corrected chi connectivity index (χ2v) is 4.26. The Hall–Kier alpha value is -2.29. The van der Waals surface area contributed by atoms with Crippen LogP contribution < -0.4 is 16.2 Å². The molecule has 1 aromatic carbocycles. The lowest BCUT2D eigenvalue weighted by Crippen LogP contribution is -2.73. The summed E-state index contributed by atoms with van der Waals surface area (Å²) in [5, 5.41) is 1.63. The van der Waals surface area contributed by atoms with Crippen LogP contribution in [-0.2, 0) is 14.3 Å². The van der Waals surface area contributed by atoms with Crippen LogP contribution in [-0.4, -0.2) is 30.8 Å². The van der Waals surface area contributed by atoms with E-state index >= 15 is 0 Å². The predicted molar refractivity (Wildman–Crippen MR) is 72.4 cm³/mol. The molecule has 9 heteroatoms. The molecule has 1 rings (SSSR count). The number of halogens is 3. The molecule has 0 aliphatic rings. The van der Waals surface area contributed by atoms with Gasteiger partial charge >= 0.3 is 17.8 Å². The maximum Gasteiger partial charge on any atom is 0.438 e. The first-order valence-electron chi connectivity index (χ1n) is 6.31. The molecule has 0 unspecified atom stereocenters. The van der Waals surface area contributed by atoms with E-state index in [2.05, 4.69) is 10.2 Å². The molecule has 0 radical (unpaired) electrons. The minimum Gasteiger partial charge on any atom is -0.466 e. The highest BCUT2D eigenvalue weighted by atomic mass is 19.4. The van der Waals surface area contributed by atoms with Gasteiger partial charge in [-0.2, -0.15) is 18.6 Å². The lowest BCUT2D eigenvalue weighted by atomic mass is 10.1. The van der Waals surface area contributed by atoms with Gasteiger partial charge in [-0.05, 0) is 12.1 Å². The molecule has 22 heavy (non-hydrogen) atoms. The smallest absolute Gasteiger partial charge is 0.438 e. The summed E-state index contributed by atoms with van der Waals surface area (Å²) in [4.78, 5) is 23.1. The number of esters is 1. The summed E-state index contributed by atoms with van der Waals surface area (Å²) in [6, 6.07) is 7.80. The number of para-hydroxylation sites is 1. The van der Waals surface area contributed by atoms with Crippen LogP contribution in [0.1, 0.15) is 13.3 Å². The van der Waals surface area contributed by atoms with Crippen molar-refractivity contribution in [1.82, 2.24) is 10.7 Å². The van der Waals surface area contributed by atoms with Gasteiger partial charge in [-0.15, -0.1) is 0 Å². The Morgan fingerprint density at radius 2 is 1.77 bits per heavy atom. The van der Waals surface area contributed by atoms with Crippen molar-refractivity contribution in [3.8, 4) is 0 Å². The van der Waals surface area contributed by atoms with Crippen molar-refractivity contribution in [3.63, 3.8) is 0 Å². The van der Waals surface area contributed by atoms with Crippen molar-refractivity contribution in [1.29, 1.82) is 0 Å². The zero-order valence-electron chi connectivity index (χ0n) is 12.0. The number of hydrogen-bond acceptors (Lipinski definition) is 5. The highest BCUT2D eigenvalue weighted by Gasteiger charge is 2.63. The predicted octanol–water partition coefficient (Wildman–Crippen LogP) is 1.56. The zero-order chi connectivity index (χ0) is 16.8. The summed E-state index contributed by atoms with van der Waals surface area (Å²) in [7, 11) is 0.797. The van der Waals surface area contributed by atoms with Crippen LogP contribution >= 0.6 is 0 Å². The molecule has 0 saturated carbocycles. The molecule has 0 bridgehead atoms. The van der Waals surface area contributed by atoms with E-state index in [-0.39, 0.29) is 12.1 Å². The van der Waals surface area contributed by atoms with Crippen LogP contribution in [0.4, 0.5) is 18.9 Å². The van der Waals surface area contributed by atoms with Crippen LogP contribution in [0.2, 0.25) is 0 Å². The number of hydrogen-bond donors (Lipinski definition) is 3. The van der Waals surface area contributed by atoms with E-state index in [0.717, 1.165) is 7.11 Å². The number of hydrazine groups is 1. The Labute approximate surface area is 125 Å². The van der Waals surface area contributed by atoms with E-state index < -0.39 is 23.7 Å². The molecule has 1 atom stereocenters. The molecule has 0 aliphatic heterocycles. The number of carbonyl (C=O) groups is 2.